The molecule has 2 rings (SSSR count). The summed E-state index contributed by atoms with van der Waals surface area (Å²) in [4.78, 5) is 0. The third-order valence-electron chi connectivity index (χ3n) is 2.32. The molecule has 1 aromatic carbocycles. The molecule has 92 valence electrons. The number of aromatic nitrogens is 2. The Labute approximate surface area is 113 Å². The Bertz CT molecular complexity index is 600. The molecular weight excluding hydrogens is 296 g/mol. The van der Waals surface area contributed by atoms with Crippen LogP contribution < -0.4 is 10.5 Å². The van der Waals surface area contributed by atoms with E-state index in [9.17, 15) is 0 Å². The fraction of sp³-hybridized carbons (Fsp3) is 0.0833. The average molecular weight is 307 g/mol. The van der Waals surface area contributed by atoms with Gasteiger partial charge in [0.05, 0.1) is 11.8 Å². The topological polar surface area (TPSA) is 84.9 Å². The van der Waals surface area contributed by atoms with Gasteiger partial charge in [0.15, 0.2) is 0 Å². The molecule has 0 aliphatic carbocycles. The Morgan fingerprint density at radius 3 is 2.83 bits per heavy atom. The lowest BCUT2D eigenvalue weighted by Crippen LogP contribution is -2.13. The molecule has 1 heterocycles. The molecule has 0 aliphatic rings. The molecule has 5 nitrogen and oxygen atoms in total. The lowest BCUT2D eigenvalue weighted by molar-refractivity contribution is 0.450. The van der Waals surface area contributed by atoms with Crippen molar-refractivity contribution in [2.75, 3.05) is 0 Å². The predicted octanol–water partition coefficient (Wildman–Crippen LogP) is 2.62. The summed E-state index contributed by atoms with van der Waals surface area (Å²) in [7, 11) is 0. The summed E-state index contributed by atoms with van der Waals surface area (Å²) in [6.07, 6.45) is 1.47. The Balaban J connectivity index is 2.37. The van der Waals surface area contributed by atoms with Gasteiger partial charge >= 0.3 is 0 Å². The second-order valence-electron chi connectivity index (χ2n) is 3.68. The van der Waals surface area contributed by atoms with E-state index in [0.717, 1.165) is 10.0 Å². The van der Waals surface area contributed by atoms with Crippen LogP contribution in [0.4, 0.5) is 0 Å². The zero-order chi connectivity index (χ0) is 13.1. The van der Waals surface area contributed by atoms with E-state index in [1.54, 1.807) is 6.07 Å². The number of ether oxygens (including phenoxy) is 1. The van der Waals surface area contributed by atoms with Gasteiger partial charge in [0.25, 0.3) is 0 Å². The smallest absolute Gasteiger partial charge is 0.249 e. The zero-order valence-electron chi connectivity index (χ0n) is 9.64. The Morgan fingerprint density at radius 2 is 2.17 bits per heavy atom. The normalized spacial score (nSPS) is 10.1. The summed E-state index contributed by atoms with van der Waals surface area (Å²) < 4.78 is 6.61. The molecular formula is C12H11BrN4O. The van der Waals surface area contributed by atoms with Crippen LogP contribution in [0, 0.1) is 12.3 Å². The van der Waals surface area contributed by atoms with Crippen LogP contribution in [0.2, 0.25) is 0 Å². The third-order valence-corrected chi connectivity index (χ3v) is 2.81. The molecule has 18 heavy (non-hydrogen) atoms. The Morgan fingerprint density at radius 1 is 1.39 bits per heavy atom. The van der Waals surface area contributed by atoms with Gasteiger partial charge in [-0.05, 0) is 36.8 Å². The summed E-state index contributed by atoms with van der Waals surface area (Å²) >= 11 is 3.38. The number of rotatable bonds is 3. The summed E-state index contributed by atoms with van der Waals surface area (Å²) in [6.45, 7) is 1.92. The molecule has 0 unspecified atom stereocenters. The van der Waals surface area contributed by atoms with E-state index >= 15 is 0 Å². The number of amidine groups is 1. The van der Waals surface area contributed by atoms with E-state index in [0.29, 0.717) is 11.3 Å². The van der Waals surface area contributed by atoms with E-state index < -0.39 is 0 Å². The molecule has 0 spiro atoms. The van der Waals surface area contributed by atoms with Crippen molar-refractivity contribution in [2.45, 2.75) is 6.92 Å². The minimum absolute atomic E-state index is 0.102. The van der Waals surface area contributed by atoms with E-state index in [4.69, 9.17) is 15.9 Å². The third kappa shape index (κ3) is 2.65. The monoisotopic (exact) mass is 306 g/mol. The highest BCUT2D eigenvalue weighted by molar-refractivity contribution is 9.10. The van der Waals surface area contributed by atoms with Crippen LogP contribution in [0.25, 0.3) is 0 Å². The molecule has 1 aromatic heterocycles. The van der Waals surface area contributed by atoms with Crippen LogP contribution in [0.5, 0.6) is 11.6 Å². The van der Waals surface area contributed by atoms with Crippen molar-refractivity contribution in [2.24, 2.45) is 5.73 Å². The van der Waals surface area contributed by atoms with Gasteiger partial charge in [-0.15, -0.1) is 5.10 Å². The number of nitrogens with two attached hydrogens (primary N) is 1. The Kier molecular flexibility index (Phi) is 3.57. The molecule has 0 aliphatic heterocycles. The van der Waals surface area contributed by atoms with Crippen molar-refractivity contribution in [3.63, 3.8) is 0 Å². The van der Waals surface area contributed by atoms with Crippen molar-refractivity contribution < 1.29 is 4.74 Å². The van der Waals surface area contributed by atoms with Gasteiger partial charge in [0.1, 0.15) is 11.6 Å². The van der Waals surface area contributed by atoms with Crippen molar-refractivity contribution in [3.8, 4) is 11.6 Å². The van der Waals surface area contributed by atoms with Crippen LogP contribution >= 0.6 is 15.9 Å². The molecule has 3 N–H and O–H groups in total. The quantitative estimate of drug-likeness (QED) is 0.674. The van der Waals surface area contributed by atoms with E-state index in [2.05, 4.69) is 26.1 Å². The van der Waals surface area contributed by atoms with Crippen LogP contribution in [-0.2, 0) is 0 Å². The molecule has 2 aromatic rings. The van der Waals surface area contributed by atoms with Crippen LogP contribution in [0.15, 0.2) is 34.9 Å². The minimum Gasteiger partial charge on any atom is -0.437 e. The van der Waals surface area contributed by atoms with Gasteiger partial charge < -0.3 is 10.5 Å². The molecule has 0 radical (unpaired) electrons. The zero-order valence-corrected chi connectivity index (χ0v) is 11.2. The first-order valence-corrected chi connectivity index (χ1v) is 5.97. The number of nitrogen functional groups attached to an aromatic ring is 1. The van der Waals surface area contributed by atoms with Gasteiger partial charge in [-0.3, -0.25) is 5.41 Å². The van der Waals surface area contributed by atoms with E-state index in [1.165, 1.54) is 6.20 Å². The fourth-order valence-electron chi connectivity index (χ4n) is 1.43. The summed E-state index contributed by atoms with van der Waals surface area (Å²) in [5.41, 5.74) is 6.83. The number of benzene rings is 1. The summed E-state index contributed by atoms with van der Waals surface area (Å²) in [5, 5.41) is 15.0. The van der Waals surface area contributed by atoms with Crippen LogP contribution in [0.1, 0.15) is 11.1 Å². The Hall–Kier alpha value is -1.95. The fourth-order valence-corrected chi connectivity index (χ4v) is 1.91. The average Bonchev–Trinajstić information content (AvgIpc) is 2.33. The number of aryl methyl sites for hydroxylation is 1. The first-order chi connectivity index (χ1) is 8.58. The van der Waals surface area contributed by atoms with Crippen molar-refractivity contribution in [3.05, 3.63) is 46.1 Å². The maximum Gasteiger partial charge on any atom is 0.249 e. The van der Waals surface area contributed by atoms with Gasteiger partial charge in [0.2, 0.25) is 5.88 Å². The second-order valence-corrected chi connectivity index (χ2v) is 4.59. The maximum atomic E-state index is 7.45. The van der Waals surface area contributed by atoms with Crippen molar-refractivity contribution in [1.29, 1.82) is 5.41 Å². The number of nitrogens with zero attached hydrogens (tertiary/aromatic N) is 2. The van der Waals surface area contributed by atoms with Crippen molar-refractivity contribution in [1.82, 2.24) is 10.2 Å². The second kappa shape index (κ2) is 5.14. The molecule has 0 bridgehead atoms. The highest BCUT2D eigenvalue weighted by Crippen LogP contribution is 2.27. The van der Waals surface area contributed by atoms with Gasteiger partial charge in [-0.1, -0.05) is 15.9 Å². The summed E-state index contributed by atoms with van der Waals surface area (Å²) in [6, 6.07) is 7.21. The molecule has 0 saturated heterocycles. The highest BCUT2D eigenvalue weighted by Gasteiger charge is 2.10. The SMILES string of the molecule is Cc1cc(Br)ccc1Oc1nnccc1C(=N)N. The van der Waals surface area contributed by atoms with Crippen LogP contribution in [-0.4, -0.2) is 16.0 Å². The number of hydrogen-bond donors (Lipinski definition) is 2. The van der Waals surface area contributed by atoms with Gasteiger partial charge in [-0.25, -0.2) is 0 Å². The van der Waals surface area contributed by atoms with E-state index in [1.807, 2.05) is 25.1 Å². The molecule has 0 saturated carbocycles. The number of nitrogens with one attached hydrogen (secondary N) is 1. The van der Waals surface area contributed by atoms with Gasteiger partial charge in [-0.2, -0.15) is 5.10 Å². The standard InChI is InChI=1S/C12H11BrN4O/c1-7-6-8(13)2-3-10(7)18-12-9(11(14)15)4-5-16-17-12/h2-6H,1H3,(H3,14,15). The summed E-state index contributed by atoms with van der Waals surface area (Å²) in [5.74, 6) is 0.784. The highest BCUT2D eigenvalue weighted by atomic mass is 79.9. The maximum absolute atomic E-state index is 7.45. The lowest BCUT2D eigenvalue weighted by atomic mass is 10.2. The predicted molar refractivity (Wildman–Crippen MR) is 72.0 cm³/mol. The molecule has 6 heteroatoms. The molecule has 0 fully saturated rings. The first-order valence-electron chi connectivity index (χ1n) is 5.18. The largest absolute Gasteiger partial charge is 0.437 e. The molecule has 0 amide bonds. The molecule has 0 atom stereocenters. The first kappa shape index (κ1) is 12.5. The lowest BCUT2D eigenvalue weighted by Gasteiger charge is -2.10. The van der Waals surface area contributed by atoms with E-state index in [-0.39, 0.29) is 11.7 Å². The van der Waals surface area contributed by atoms with Gasteiger partial charge in [0, 0.05) is 4.47 Å². The minimum atomic E-state index is -0.102. The van der Waals surface area contributed by atoms with Crippen molar-refractivity contribution >= 4 is 21.8 Å². The number of halogens is 1. The van der Waals surface area contributed by atoms with Crippen LogP contribution in [0.3, 0.4) is 0 Å². The number of hydrogen-bond acceptors (Lipinski definition) is 4.